The molecule has 4 unspecified atom stereocenters. The van der Waals surface area contributed by atoms with Crippen LogP contribution in [0.5, 0.6) is 5.75 Å². The van der Waals surface area contributed by atoms with Crippen molar-refractivity contribution in [2.45, 2.75) is 89.8 Å². The maximum Gasteiger partial charge on any atom is 0.573 e. The maximum absolute atomic E-state index is 14.9. The predicted octanol–water partition coefficient (Wildman–Crippen LogP) is 9.29. The van der Waals surface area contributed by atoms with E-state index in [0.717, 1.165) is 42.7 Å². The molecule has 6 heteroatoms. The molecule has 33 heavy (non-hydrogen) atoms. The minimum atomic E-state index is -5.03. The van der Waals surface area contributed by atoms with Crippen molar-refractivity contribution in [3.05, 3.63) is 41.5 Å². The molecule has 0 spiro atoms. The molecule has 182 valence electrons. The van der Waals surface area contributed by atoms with E-state index in [0.29, 0.717) is 5.92 Å². The van der Waals surface area contributed by atoms with Gasteiger partial charge in [-0.2, -0.15) is 0 Å². The first-order valence-electron chi connectivity index (χ1n) is 12.4. The lowest BCUT2D eigenvalue weighted by Gasteiger charge is -2.42. The van der Waals surface area contributed by atoms with E-state index in [4.69, 9.17) is 0 Å². The van der Waals surface area contributed by atoms with Crippen LogP contribution in [0.25, 0.3) is 10.8 Å². The number of fused-ring (bicyclic) bond motifs is 2. The van der Waals surface area contributed by atoms with Crippen LogP contribution in [-0.4, -0.2) is 6.36 Å². The molecule has 2 aromatic rings. The van der Waals surface area contributed by atoms with Gasteiger partial charge in [0.1, 0.15) is 5.82 Å². The second kappa shape index (κ2) is 10.2. The summed E-state index contributed by atoms with van der Waals surface area (Å²) in [4.78, 5) is 0. The summed E-state index contributed by atoms with van der Waals surface area (Å²) in [5.41, 5.74) is 0.823. The number of alkyl halides is 3. The van der Waals surface area contributed by atoms with Crippen LogP contribution in [0.15, 0.2) is 24.3 Å². The van der Waals surface area contributed by atoms with Gasteiger partial charge in [0.05, 0.1) is 5.39 Å². The van der Waals surface area contributed by atoms with Crippen molar-refractivity contribution >= 4 is 10.8 Å². The highest BCUT2D eigenvalue weighted by Crippen LogP contribution is 2.49. The third-order valence-electron chi connectivity index (χ3n) is 7.88. The zero-order valence-electron chi connectivity index (χ0n) is 19.2. The van der Waals surface area contributed by atoms with Gasteiger partial charge in [0.25, 0.3) is 0 Å². The number of unbranched alkanes of at least 4 members (excludes halogenated alkanes) is 3. The van der Waals surface area contributed by atoms with Crippen molar-refractivity contribution in [1.29, 1.82) is 0 Å². The molecule has 0 amide bonds. The first kappa shape index (κ1) is 24.3. The van der Waals surface area contributed by atoms with Crippen molar-refractivity contribution in [2.24, 2.45) is 17.8 Å². The summed E-state index contributed by atoms with van der Waals surface area (Å²) in [5.74, 6) is -0.701. The van der Waals surface area contributed by atoms with E-state index in [9.17, 15) is 22.0 Å². The minimum Gasteiger partial charge on any atom is -0.403 e. The first-order chi connectivity index (χ1) is 15.7. The molecule has 2 aliphatic carbocycles. The van der Waals surface area contributed by atoms with E-state index in [2.05, 4.69) is 11.7 Å². The fourth-order valence-electron chi connectivity index (χ4n) is 6.22. The molecule has 2 fully saturated rings. The number of benzene rings is 2. The molecule has 0 aliphatic heterocycles. The molecular weight excluding hydrogens is 435 g/mol. The van der Waals surface area contributed by atoms with Gasteiger partial charge in [0.15, 0.2) is 11.6 Å². The van der Waals surface area contributed by atoms with Gasteiger partial charge in [-0.15, -0.1) is 13.2 Å². The Bertz CT molecular complexity index is 954. The summed E-state index contributed by atoms with van der Waals surface area (Å²) >= 11 is 0. The fourth-order valence-corrected chi connectivity index (χ4v) is 6.22. The van der Waals surface area contributed by atoms with Crippen molar-refractivity contribution < 1.29 is 26.7 Å². The molecule has 0 radical (unpaired) electrons. The van der Waals surface area contributed by atoms with Crippen LogP contribution in [0.4, 0.5) is 22.0 Å². The molecule has 0 aromatic heterocycles. The second-order valence-electron chi connectivity index (χ2n) is 10.1. The zero-order valence-corrected chi connectivity index (χ0v) is 19.2. The lowest BCUT2D eigenvalue weighted by atomic mass is 9.63. The number of halogens is 5. The molecule has 0 bridgehead atoms. The predicted molar refractivity (Wildman–Crippen MR) is 120 cm³/mol. The van der Waals surface area contributed by atoms with Gasteiger partial charge < -0.3 is 4.74 Å². The molecule has 2 saturated carbocycles. The lowest BCUT2D eigenvalue weighted by Crippen LogP contribution is -2.30. The van der Waals surface area contributed by atoms with Crippen molar-refractivity contribution in [2.75, 3.05) is 0 Å². The highest BCUT2D eigenvalue weighted by molar-refractivity contribution is 5.86. The summed E-state index contributed by atoms with van der Waals surface area (Å²) in [5, 5.41) is -0.173. The smallest absolute Gasteiger partial charge is 0.403 e. The number of hydrogen-bond acceptors (Lipinski definition) is 1. The normalized spacial score (nSPS) is 25.8. The van der Waals surface area contributed by atoms with Crippen LogP contribution in [0.2, 0.25) is 0 Å². The Morgan fingerprint density at radius 2 is 1.67 bits per heavy atom. The zero-order chi connectivity index (χ0) is 23.6. The average Bonchev–Trinajstić information content (AvgIpc) is 2.77. The maximum atomic E-state index is 14.9. The Hall–Kier alpha value is -1.85. The van der Waals surface area contributed by atoms with Gasteiger partial charge in [0.2, 0.25) is 0 Å². The van der Waals surface area contributed by atoms with Gasteiger partial charge >= 0.3 is 6.36 Å². The lowest BCUT2D eigenvalue weighted by molar-refractivity contribution is -0.275. The molecule has 4 rings (SSSR count). The monoisotopic (exact) mass is 468 g/mol. The summed E-state index contributed by atoms with van der Waals surface area (Å²) in [7, 11) is 0. The van der Waals surface area contributed by atoms with E-state index in [1.807, 2.05) is 0 Å². The second-order valence-corrected chi connectivity index (χ2v) is 10.1. The minimum absolute atomic E-state index is 0.209. The first-order valence-corrected chi connectivity index (χ1v) is 12.4. The van der Waals surface area contributed by atoms with Crippen LogP contribution in [0.1, 0.15) is 89.0 Å². The van der Waals surface area contributed by atoms with E-state index in [1.165, 1.54) is 63.5 Å². The van der Waals surface area contributed by atoms with Crippen molar-refractivity contribution in [1.82, 2.24) is 0 Å². The van der Waals surface area contributed by atoms with Crippen LogP contribution in [0.3, 0.4) is 0 Å². The van der Waals surface area contributed by atoms with E-state index < -0.39 is 29.1 Å². The van der Waals surface area contributed by atoms with Gasteiger partial charge in [0, 0.05) is 0 Å². The largest absolute Gasteiger partial charge is 0.573 e. The van der Waals surface area contributed by atoms with Crippen molar-refractivity contribution in [3.63, 3.8) is 0 Å². The topological polar surface area (TPSA) is 9.23 Å². The van der Waals surface area contributed by atoms with Gasteiger partial charge in [-0.05, 0) is 78.9 Å². The molecular formula is C27H33F5O. The van der Waals surface area contributed by atoms with E-state index >= 15 is 0 Å². The Morgan fingerprint density at radius 1 is 0.909 bits per heavy atom. The molecule has 0 N–H and O–H groups in total. The van der Waals surface area contributed by atoms with Crippen molar-refractivity contribution in [3.8, 4) is 5.75 Å². The molecule has 2 aromatic carbocycles. The summed E-state index contributed by atoms with van der Waals surface area (Å²) in [6.07, 6.45) is 8.50. The van der Waals surface area contributed by atoms with Crippen LogP contribution in [-0.2, 0) is 0 Å². The Labute approximate surface area is 192 Å². The molecule has 0 heterocycles. The standard InChI is InChI=1S/C27H33F5O/c1-2-3-4-5-6-17-7-8-19-14-20(10-9-18(19)13-17)22-15-21-11-12-24(33-27(30,31)32)26(29)25(21)23(28)16-22/h11-12,15-20H,2-10,13-14H2,1H3. The van der Waals surface area contributed by atoms with Crippen LogP contribution < -0.4 is 4.74 Å². The van der Waals surface area contributed by atoms with E-state index in [1.54, 1.807) is 6.07 Å². The molecule has 2 aliphatic rings. The number of rotatable bonds is 7. The van der Waals surface area contributed by atoms with E-state index in [-0.39, 0.29) is 11.3 Å². The third-order valence-corrected chi connectivity index (χ3v) is 7.88. The summed E-state index contributed by atoms with van der Waals surface area (Å²) in [6, 6.07) is 5.28. The summed E-state index contributed by atoms with van der Waals surface area (Å²) in [6.45, 7) is 2.24. The van der Waals surface area contributed by atoms with Gasteiger partial charge in [-0.1, -0.05) is 57.6 Å². The Morgan fingerprint density at radius 3 is 2.42 bits per heavy atom. The SMILES string of the molecule is CCCCCCC1CCC2CC(c3cc(F)c4c(F)c(OC(F)(F)F)ccc4c3)CCC2C1. The van der Waals surface area contributed by atoms with Gasteiger partial charge in [-0.25, -0.2) is 8.78 Å². The highest BCUT2D eigenvalue weighted by atomic mass is 19.4. The van der Waals surface area contributed by atoms with Gasteiger partial charge in [-0.3, -0.25) is 0 Å². The Kier molecular flexibility index (Phi) is 7.49. The molecule has 0 saturated heterocycles. The fraction of sp³-hybridized carbons (Fsp3) is 0.630. The van der Waals surface area contributed by atoms with Crippen LogP contribution in [0, 0.1) is 29.4 Å². The summed E-state index contributed by atoms with van der Waals surface area (Å²) < 4.78 is 70.6. The average molecular weight is 469 g/mol. The molecule has 4 atom stereocenters. The highest BCUT2D eigenvalue weighted by Gasteiger charge is 2.36. The molecule has 1 nitrogen and oxygen atoms in total. The number of ether oxygens (including phenoxy) is 1. The number of hydrogen-bond donors (Lipinski definition) is 0. The third kappa shape index (κ3) is 5.81. The van der Waals surface area contributed by atoms with Crippen LogP contribution >= 0.6 is 0 Å². The Balaban J connectivity index is 1.44. The quantitative estimate of drug-likeness (QED) is 0.291.